The van der Waals surface area contributed by atoms with Crippen molar-refractivity contribution in [2.45, 2.75) is 51.0 Å². The van der Waals surface area contributed by atoms with Gasteiger partial charge in [0.2, 0.25) is 5.91 Å². The molecule has 0 aliphatic heterocycles. The molecular weight excluding hydrogens is 316 g/mol. The second-order valence-corrected chi connectivity index (χ2v) is 6.85. The van der Waals surface area contributed by atoms with Crippen molar-refractivity contribution in [3.63, 3.8) is 0 Å². The molecule has 0 spiro atoms. The average molecular weight is 342 g/mol. The van der Waals surface area contributed by atoms with Gasteiger partial charge in [0.15, 0.2) is 0 Å². The second-order valence-electron chi connectivity index (χ2n) is 6.85. The number of H-pyrrole nitrogens is 1. The van der Waals surface area contributed by atoms with Crippen molar-refractivity contribution in [3.8, 4) is 0 Å². The highest BCUT2D eigenvalue weighted by atomic mass is 16.5. The molecule has 0 bridgehead atoms. The first-order chi connectivity index (χ1) is 12.2. The normalized spacial score (nSPS) is 20.4. The Labute approximate surface area is 148 Å². The van der Waals surface area contributed by atoms with Crippen LogP contribution >= 0.6 is 0 Å². The Morgan fingerprint density at radius 2 is 1.96 bits per heavy atom. The van der Waals surface area contributed by atoms with Crippen LogP contribution < -0.4 is 5.32 Å². The van der Waals surface area contributed by atoms with Crippen LogP contribution in [0.5, 0.6) is 0 Å². The predicted molar refractivity (Wildman–Crippen MR) is 97.1 cm³/mol. The third-order valence-corrected chi connectivity index (χ3v) is 5.15. The minimum atomic E-state index is -0.122. The topological polar surface area (TPSA) is 71.2 Å². The van der Waals surface area contributed by atoms with Gasteiger partial charge in [0, 0.05) is 29.6 Å². The molecule has 2 aromatic rings. The number of nitrogens with one attached hydrogen (secondary N) is 2. The van der Waals surface area contributed by atoms with Crippen LogP contribution in [0.2, 0.25) is 0 Å². The lowest BCUT2D eigenvalue weighted by Crippen LogP contribution is -2.38. The fourth-order valence-electron chi connectivity index (χ4n) is 3.72. The third-order valence-electron chi connectivity index (χ3n) is 5.15. The van der Waals surface area contributed by atoms with E-state index in [1.165, 1.54) is 18.1 Å². The summed E-state index contributed by atoms with van der Waals surface area (Å²) < 4.78 is 4.80. The van der Waals surface area contributed by atoms with Crippen LogP contribution in [0.1, 0.15) is 44.1 Å². The number of fused-ring (bicyclic) bond motifs is 1. The van der Waals surface area contributed by atoms with Crippen LogP contribution in [0.4, 0.5) is 0 Å². The number of aryl methyl sites for hydroxylation is 1. The number of carbonyl (C=O) groups excluding carboxylic acids is 2. The van der Waals surface area contributed by atoms with E-state index in [9.17, 15) is 9.59 Å². The lowest BCUT2D eigenvalue weighted by molar-refractivity contribution is -0.146. The van der Waals surface area contributed by atoms with Gasteiger partial charge >= 0.3 is 5.97 Å². The molecule has 5 heteroatoms. The van der Waals surface area contributed by atoms with E-state index in [0.29, 0.717) is 6.42 Å². The van der Waals surface area contributed by atoms with Crippen molar-refractivity contribution >= 4 is 22.8 Å². The number of ether oxygens (including phenoxy) is 1. The van der Waals surface area contributed by atoms with E-state index in [0.717, 1.165) is 44.0 Å². The van der Waals surface area contributed by atoms with Crippen LogP contribution in [0.25, 0.3) is 10.9 Å². The molecule has 1 aliphatic rings. The number of rotatable bonds is 6. The molecule has 0 unspecified atom stereocenters. The molecule has 5 nitrogen and oxygen atoms in total. The van der Waals surface area contributed by atoms with Crippen molar-refractivity contribution in [2.75, 3.05) is 7.11 Å². The number of para-hydroxylation sites is 1. The Hall–Kier alpha value is -2.30. The average Bonchev–Trinajstić information content (AvgIpc) is 3.05. The van der Waals surface area contributed by atoms with Gasteiger partial charge in [-0.25, -0.2) is 0 Å². The number of aromatic nitrogens is 1. The van der Waals surface area contributed by atoms with Gasteiger partial charge in [-0.05, 0) is 50.2 Å². The summed E-state index contributed by atoms with van der Waals surface area (Å²) in [5.74, 6) is -0.00936. The zero-order valence-corrected chi connectivity index (χ0v) is 14.7. The maximum absolute atomic E-state index is 12.2. The van der Waals surface area contributed by atoms with E-state index in [4.69, 9.17) is 4.74 Å². The van der Waals surface area contributed by atoms with Gasteiger partial charge in [0.05, 0.1) is 13.0 Å². The van der Waals surface area contributed by atoms with Crippen molar-refractivity contribution in [2.24, 2.45) is 5.92 Å². The number of methoxy groups -OCH3 is 1. The third kappa shape index (κ3) is 4.41. The minimum Gasteiger partial charge on any atom is -0.469 e. The molecule has 1 aromatic heterocycles. The Bertz CT molecular complexity index is 729. The summed E-state index contributed by atoms with van der Waals surface area (Å²) >= 11 is 0. The molecule has 3 rings (SSSR count). The number of esters is 1. The first-order valence-electron chi connectivity index (χ1n) is 9.09. The Balaban J connectivity index is 1.39. The zero-order valence-electron chi connectivity index (χ0n) is 14.7. The Morgan fingerprint density at radius 3 is 2.72 bits per heavy atom. The molecule has 1 saturated carbocycles. The van der Waals surface area contributed by atoms with Crippen LogP contribution in [0.3, 0.4) is 0 Å². The van der Waals surface area contributed by atoms with E-state index < -0.39 is 0 Å². The van der Waals surface area contributed by atoms with Gasteiger partial charge in [-0.15, -0.1) is 0 Å². The van der Waals surface area contributed by atoms with E-state index in [-0.39, 0.29) is 23.8 Å². The van der Waals surface area contributed by atoms with E-state index >= 15 is 0 Å². The van der Waals surface area contributed by atoms with Gasteiger partial charge in [-0.1, -0.05) is 18.2 Å². The molecule has 1 aromatic carbocycles. The maximum Gasteiger partial charge on any atom is 0.308 e. The molecule has 0 saturated heterocycles. The molecule has 1 aliphatic carbocycles. The van der Waals surface area contributed by atoms with Crippen molar-refractivity contribution in [1.82, 2.24) is 10.3 Å². The van der Waals surface area contributed by atoms with E-state index in [2.05, 4.69) is 22.4 Å². The summed E-state index contributed by atoms with van der Waals surface area (Å²) in [6.45, 7) is 0. The quantitative estimate of drug-likeness (QED) is 0.791. The van der Waals surface area contributed by atoms with Gasteiger partial charge in [0.25, 0.3) is 0 Å². The SMILES string of the molecule is COC(=O)C1CCC(NC(=O)CCCc2c[nH]c3ccccc23)CC1. The summed E-state index contributed by atoms with van der Waals surface area (Å²) in [6, 6.07) is 8.43. The molecule has 1 heterocycles. The smallest absolute Gasteiger partial charge is 0.308 e. The number of aromatic amines is 1. The monoisotopic (exact) mass is 342 g/mol. The Kier molecular flexibility index (Phi) is 5.74. The maximum atomic E-state index is 12.2. The highest BCUT2D eigenvalue weighted by Crippen LogP contribution is 2.25. The fraction of sp³-hybridized carbons (Fsp3) is 0.500. The van der Waals surface area contributed by atoms with Gasteiger partial charge in [-0.2, -0.15) is 0 Å². The van der Waals surface area contributed by atoms with Gasteiger partial charge in [0.1, 0.15) is 0 Å². The van der Waals surface area contributed by atoms with Crippen LogP contribution in [-0.2, 0) is 20.7 Å². The lowest BCUT2D eigenvalue weighted by atomic mass is 9.86. The zero-order chi connectivity index (χ0) is 17.6. The number of carbonyl (C=O) groups is 2. The van der Waals surface area contributed by atoms with Crippen LogP contribution in [-0.4, -0.2) is 30.0 Å². The number of amides is 1. The summed E-state index contributed by atoms with van der Waals surface area (Å²) in [5.41, 5.74) is 2.41. The molecular formula is C20H26N2O3. The number of hydrogen-bond donors (Lipinski definition) is 2. The van der Waals surface area contributed by atoms with E-state index in [1.807, 2.05) is 18.3 Å². The number of hydrogen-bond acceptors (Lipinski definition) is 3. The highest BCUT2D eigenvalue weighted by molar-refractivity contribution is 5.83. The minimum absolute atomic E-state index is 0.0000223. The lowest BCUT2D eigenvalue weighted by Gasteiger charge is -2.27. The summed E-state index contributed by atoms with van der Waals surface area (Å²) in [5, 5.41) is 4.35. The van der Waals surface area contributed by atoms with Crippen molar-refractivity contribution < 1.29 is 14.3 Å². The van der Waals surface area contributed by atoms with Crippen LogP contribution in [0, 0.1) is 5.92 Å². The van der Waals surface area contributed by atoms with Gasteiger partial charge in [-0.3, -0.25) is 9.59 Å². The molecule has 0 atom stereocenters. The fourth-order valence-corrected chi connectivity index (χ4v) is 3.72. The molecule has 134 valence electrons. The first-order valence-corrected chi connectivity index (χ1v) is 9.09. The second kappa shape index (κ2) is 8.19. The van der Waals surface area contributed by atoms with E-state index in [1.54, 1.807) is 0 Å². The standard InChI is InChI=1S/C20H26N2O3/c1-25-20(24)14-9-11-16(12-10-14)22-19(23)8-4-5-15-13-21-18-7-3-2-6-17(15)18/h2-3,6-7,13-14,16,21H,4-5,8-12H2,1H3,(H,22,23). The first kappa shape index (κ1) is 17.5. The number of benzene rings is 1. The van der Waals surface area contributed by atoms with Crippen molar-refractivity contribution in [1.29, 1.82) is 0 Å². The molecule has 1 amide bonds. The summed E-state index contributed by atoms with van der Waals surface area (Å²) in [4.78, 5) is 27.0. The highest BCUT2D eigenvalue weighted by Gasteiger charge is 2.27. The summed E-state index contributed by atoms with van der Waals surface area (Å²) in [7, 11) is 1.43. The Morgan fingerprint density at radius 1 is 1.20 bits per heavy atom. The molecule has 1 fully saturated rings. The van der Waals surface area contributed by atoms with Gasteiger partial charge < -0.3 is 15.0 Å². The molecule has 2 N–H and O–H groups in total. The molecule has 0 radical (unpaired) electrons. The largest absolute Gasteiger partial charge is 0.469 e. The van der Waals surface area contributed by atoms with Crippen molar-refractivity contribution in [3.05, 3.63) is 36.0 Å². The van der Waals surface area contributed by atoms with Crippen LogP contribution in [0.15, 0.2) is 30.5 Å². The predicted octanol–water partition coefficient (Wildman–Crippen LogP) is 3.34. The summed E-state index contributed by atoms with van der Waals surface area (Å²) in [6.07, 6.45) is 7.62. The molecule has 25 heavy (non-hydrogen) atoms.